The van der Waals surface area contributed by atoms with E-state index in [0.717, 1.165) is 29.8 Å². The first-order valence-corrected chi connectivity index (χ1v) is 8.24. The number of nitrogens with one attached hydrogen (secondary N) is 1. The Labute approximate surface area is 171 Å². The molecule has 3 rings (SSSR count). The number of nitrogens with zero attached hydrogens (tertiary/aromatic N) is 2. The summed E-state index contributed by atoms with van der Waals surface area (Å²) >= 11 is 0. The third-order valence-corrected chi connectivity index (χ3v) is 3.83. The standard InChI is InChI=1S/C19H23N3O3.HI/c1-20-19(22(2)13-15-6-4-3-5-7-15)21-10-11-23-16-8-9-17-18(12-16)25-14-24-17;/h3-9,12H,10-11,13-14H2,1-2H3,(H,20,21);1H. The summed E-state index contributed by atoms with van der Waals surface area (Å²) in [5.41, 5.74) is 1.24. The third kappa shape index (κ3) is 5.42. The monoisotopic (exact) mass is 469 g/mol. The van der Waals surface area contributed by atoms with Crippen LogP contribution in [0.25, 0.3) is 0 Å². The van der Waals surface area contributed by atoms with Crippen molar-refractivity contribution in [3.05, 3.63) is 54.1 Å². The molecule has 1 aliphatic heterocycles. The van der Waals surface area contributed by atoms with Crippen LogP contribution in [0.1, 0.15) is 5.56 Å². The summed E-state index contributed by atoms with van der Waals surface area (Å²) in [7, 11) is 3.80. The van der Waals surface area contributed by atoms with Crippen LogP contribution in [0.4, 0.5) is 0 Å². The average Bonchev–Trinajstić information content (AvgIpc) is 3.10. The number of aliphatic imine (C=N–C) groups is 1. The van der Waals surface area contributed by atoms with Crippen molar-refractivity contribution in [1.29, 1.82) is 0 Å². The molecule has 7 heteroatoms. The minimum Gasteiger partial charge on any atom is -0.492 e. The van der Waals surface area contributed by atoms with Gasteiger partial charge in [0, 0.05) is 26.7 Å². The Morgan fingerprint density at radius 1 is 1.15 bits per heavy atom. The minimum absolute atomic E-state index is 0. The number of guanidine groups is 1. The van der Waals surface area contributed by atoms with Gasteiger partial charge in [0.1, 0.15) is 12.4 Å². The van der Waals surface area contributed by atoms with E-state index in [1.807, 2.05) is 43.4 Å². The molecule has 6 nitrogen and oxygen atoms in total. The zero-order chi connectivity index (χ0) is 17.5. The average molecular weight is 469 g/mol. The van der Waals surface area contributed by atoms with Crippen LogP contribution in [-0.4, -0.2) is 44.9 Å². The van der Waals surface area contributed by atoms with Crippen molar-refractivity contribution in [3.63, 3.8) is 0 Å². The third-order valence-electron chi connectivity index (χ3n) is 3.83. The number of hydrogen-bond donors (Lipinski definition) is 1. The first-order valence-electron chi connectivity index (χ1n) is 8.24. The fraction of sp³-hybridized carbons (Fsp3) is 0.316. The summed E-state index contributed by atoms with van der Waals surface area (Å²) in [6.45, 7) is 2.24. The van der Waals surface area contributed by atoms with Crippen molar-refractivity contribution in [3.8, 4) is 17.2 Å². The molecule has 26 heavy (non-hydrogen) atoms. The van der Waals surface area contributed by atoms with Gasteiger partial charge in [0.25, 0.3) is 0 Å². The number of benzene rings is 2. The van der Waals surface area contributed by atoms with Crippen LogP contribution in [0.2, 0.25) is 0 Å². The van der Waals surface area contributed by atoms with Crippen molar-refractivity contribution >= 4 is 29.9 Å². The first kappa shape index (κ1) is 20.2. The van der Waals surface area contributed by atoms with Gasteiger partial charge in [-0.15, -0.1) is 24.0 Å². The second kappa shape index (κ2) is 10.1. The zero-order valence-corrected chi connectivity index (χ0v) is 17.3. The van der Waals surface area contributed by atoms with Crippen LogP contribution in [-0.2, 0) is 6.54 Å². The maximum absolute atomic E-state index is 5.75. The van der Waals surface area contributed by atoms with Gasteiger partial charge in [-0.25, -0.2) is 0 Å². The fourth-order valence-electron chi connectivity index (χ4n) is 2.62. The summed E-state index contributed by atoms with van der Waals surface area (Å²) in [5, 5.41) is 3.31. The Morgan fingerprint density at radius 3 is 2.69 bits per heavy atom. The van der Waals surface area contributed by atoms with Gasteiger partial charge in [-0.05, 0) is 17.7 Å². The Hall–Kier alpha value is -2.16. The van der Waals surface area contributed by atoms with Crippen LogP contribution in [0.5, 0.6) is 17.2 Å². The van der Waals surface area contributed by atoms with E-state index >= 15 is 0 Å². The quantitative estimate of drug-likeness (QED) is 0.305. The molecule has 2 aromatic rings. The number of rotatable bonds is 6. The van der Waals surface area contributed by atoms with Crippen LogP contribution < -0.4 is 19.5 Å². The molecule has 0 aliphatic carbocycles. The molecule has 0 unspecified atom stereocenters. The summed E-state index contributed by atoms with van der Waals surface area (Å²) < 4.78 is 16.4. The Morgan fingerprint density at radius 2 is 1.92 bits per heavy atom. The molecule has 0 saturated carbocycles. The van der Waals surface area contributed by atoms with E-state index in [2.05, 4.69) is 27.3 Å². The summed E-state index contributed by atoms with van der Waals surface area (Å²) in [4.78, 5) is 6.39. The van der Waals surface area contributed by atoms with E-state index in [4.69, 9.17) is 14.2 Å². The van der Waals surface area contributed by atoms with Gasteiger partial charge in [-0.2, -0.15) is 0 Å². The highest BCUT2D eigenvalue weighted by molar-refractivity contribution is 14.0. The van der Waals surface area contributed by atoms with Gasteiger partial charge in [0.05, 0.1) is 6.54 Å². The van der Waals surface area contributed by atoms with E-state index < -0.39 is 0 Å². The van der Waals surface area contributed by atoms with Crippen molar-refractivity contribution in [2.75, 3.05) is 34.0 Å². The molecule has 1 N–H and O–H groups in total. The molecule has 1 aliphatic rings. The van der Waals surface area contributed by atoms with Crippen molar-refractivity contribution in [2.24, 2.45) is 4.99 Å². The number of ether oxygens (including phenoxy) is 3. The summed E-state index contributed by atoms with van der Waals surface area (Å²) in [5.74, 6) is 3.08. The van der Waals surface area contributed by atoms with Gasteiger partial charge in [0.2, 0.25) is 6.79 Å². The van der Waals surface area contributed by atoms with E-state index in [-0.39, 0.29) is 30.8 Å². The number of halogens is 1. The van der Waals surface area contributed by atoms with Crippen molar-refractivity contribution in [1.82, 2.24) is 10.2 Å². The van der Waals surface area contributed by atoms with Crippen LogP contribution in [0.3, 0.4) is 0 Å². The molecule has 0 aromatic heterocycles. The molecule has 0 saturated heterocycles. The Kier molecular flexibility index (Phi) is 7.83. The molecular weight excluding hydrogens is 445 g/mol. The molecule has 0 radical (unpaired) electrons. The lowest BCUT2D eigenvalue weighted by Gasteiger charge is -2.22. The lowest BCUT2D eigenvalue weighted by atomic mass is 10.2. The van der Waals surface area contributed by atoms with E-state index in [1.165, 1.54) is 5.56 Å². The van der Waals surface area contributed by atoms with Crippen molar-refractivity contribution in [2.45, 2.75) is 6.54 Å². The highest BCUT2D eigenvalue weighted by Gasteiger charge is 2.13. The highest BCUT2D eigenvalue weighted by atomic mass is 127. The van der Waals surface area contributed by atoms with Gasteiger partial charge >= 0.3 is 0 Å². The summed E-state index contributed by atoms with van der Waals surface area (Å²) in [6.07, 6.45) is 0. The van der Waals surface area contributed by atoms with Gasteiger partial charge in [-0.3, -0.25) is 4.99 Å². The predicted molar refractivity (Wildman–Crippen MR) is 113 cm³/mol. The molecule has 140 valence electrons. The van der Waals surface area contributed by atoms with E-state index in [1.54, 1.807) is 7.05 Å². The van der Waals surface area contributed by atoms with E-state index in [9.17, 15) is 0 Å². The van der Waals surface area contributed by atoms with E-state index in [0.29, 0.717) is 13.2 Å². The maximum Gasteiger partial charge on any atom is 0.231 e. The number of hydrogen-bond acceptors (Lipinski definition) is 4. The molecule has 0 amide bonds. The van der Waals surface area contributed by atoms with Crippen LogP contribution >= 0.6 is 24.0 Å². The second-order valence-corrected chi connectivity index (χ2v) is 5.68. The van der Waals surface area contributed by atoms with Crippen LogP contribution in [0.15, 0.2) is 53.5 Å². The topological polar surface area (TPSA) is 55.3 Å². The molecule has 0 atom stereocenters. The van der Waals surface area contributed by atoms with Gasteiger partial charge < -0.3 is 24.4 Å². The SMILES string of the molecule is CN=C(NCCOc1ccc2c(c1)OCO2)N(C)Cc1ccccc1.I. The highest BCUT2D eigenvalue weighted by Crippen LogP contribution is 2.34. The lowest BCUT2D eigenvalue weighted by Crippen LogP contribution is -2.40. The predicted octanol–water partition coefficient (Wildman–Crippen LogP) is 3.12. The maximum atomic E-state index is 5.75. The molecule has 0 spiro atoms. The molecule has 0 bridgehead atoms. The Bertz CT molecular complexity index is 725. The minimum atomic E-state index is 0. The molecule has 1 heterocycles. The zero-order valence-electron chi connectivity index (χ0n) is 15.0. The van der Waals surface area contributed by atoms with Crippen molar-refractivity contribution < 1.29 is 14.2 Å². The normalized spacial score (nSPS) is 12.3. The Balaban J connectivity index is 0.00000243. The summed E-state index contributed by atoms with van der Waals surface area (Å²) in [6, 6.07) is 15.9. The number of fused-ring (bicyclic) bond motifs is 1. The largest absolute Gasteiger partial charge is 0.492 e. The van der Waals surface area contributed by atoms with Gasteiger partial charge in [0.15, 0.2) is 17.5 Å². The fourth-order valence-corrected chi connectivity index (χ4v) is 2.62. The smallest absolute Gasteiger partial charge is 0.231 e. The second-order valence-electron chi connectivity index (χ2n) is 5.68. The molecular formula is C19H24IN3O3. The van der Waals surface area contributed by atoms with Gasteiger partial charge in [-0.1, -0.05) is 30.3 Å². The first-order chi connectivity index (χ1) is 12.3. The molecule has 0 fully saturated rings. The lowest BCUT2D eigenvalue weighted by molar-refractivity contribution is 0.173. The van der Waals surface area contributed by atoms with Crippen LogP contribution in [0, 0.1) is 0 Å². The molecule has 2 aromatic carbocycles.